The largest absolute Gasteiger partial charge is 2.00 e. The molecular formula is C6H7BrMgS. The summed E-state index contributed by atoms with van der Waals surface area (Å²) in [6, 6.07) is 4.06. The van der Waals surface area contributed by atoms with Crippen LogP contribution in [0.1, 0.15) is 11.8 Å². The van der Waals surface area contributed by atoms with Gasteiger partial charge in [0.2, 0.25) is 0 Å². The Hall–Kier alpha value is 0.946. The number of rotatable bonds is 1. The van der Waals surface area contributed by atoms with Crippen molar-refractivity contribution in [2.45, 2.75) is 13.3 Å². The Bertz CT molecular complexity index is 128. The Labute approximate surface area is 86.6 Å². The van der Waals surface area contributed by atoms with Gasteiger partial charge in [-0.05, 0) is 0 Å². The predicted octanol–water partition coefficient (Wildman–Crippen LogP) is -1.27. The van der Waals surface area contributed by atoms with Crippen LogP contribution < -0.4 is 17.0 Å². The fourth-order valence-corrected chi connectivity index (χ4v) is 1.03. The molecular weight excluding hydrogens is 208 g/mol. The van der Waals surface area contributed by atoms with Crippen molar-refractivity contribution in [2.24, 2.45) is 0 Å². The first kappa shape index (κ1) is 12.6. The summed E-state index contributed by atoms with van der Waals surface area (Å²) in [7, 11) is 0. The molecule has 1 aromatic heterocycles. The monoisotopic (exact) mass is 214 g/mol. The second kappa shape index (κ2) is 7.06. The number of halogens is 1. The van der Waals surface area contributed by atoms with Crippen molar-refractivity contribution in [3.8, 4) is 0 Å². The van der Waals surface area contributed by atoms with E-state index in [1.807, 2.05) is 6.07 Å². The van der Waals surface area contributed by atoms with Gasteiger partial charge in [0.15, 0.2) is 0 Å². The van der Waals surface area contributed by atoms with Gasteiger partial charge in [-0.15, -0.1) is 10.3 Å². The first-order chi connectivity index (χ1) is 3.43. The van der Waals surface area contributed by atoms with E-state index in [-0.39, 0.29) is 40.0 Å². The number of hydrogen-bond donors (Lipinski definition) is 0. The summed E-state index contributed by atoms with van der Waals surface area (Å²) < 4.78 is 0. The SMILES string of the molecule is CCc1cc[c-]s1.[Br-].[Mg+2]. The Morgan fingerprint density at radius 1 is 1.67 bits per heavy atom. The van der Waals surface area contributed by atoms with Crippen molar-refractivity contribution in [3.05, 3.63) is 22.4 Å². The van der Waals surface area contributed by atoms with Gasteiger partial charge in [0.25, 0.3) is 0 Å². The summed E-state index contributed by atoms with van der Waals surface area (Å²) >= 11 is 1.70. The normalized spacial score (nSPS) is 7.22. The zero-order valence-electron chi connectivity index (χ0n) is 5.36. The molecule has 46 valence electrons. The molecule has 0 amide bonds. The standard InChI is InChI=1S/C6H7S.BrH.Mg/c1-2-6-4-3-5-7-6;;/h3-4H,2H2,1H3;1H;/q-1;;+2/p-1. The minimum atomic E-state index is 0. The van der Waals surface area contributed by atoms with E-state index < -0.39 is 0 Å². The maximum atomic E-state index is 3.02. The topological polar surface area (TPSA) is 0 Å². The molecule has 3 heteroatoms. The van der Waals surface area contributed by atoms with Gasteiger partial charge in [-0.1, -0.05) is 13.3 Å². The molecule has 1 heterocycles. The summed E-state index contributed by atoms with van der Waals surface area (Å²) in [6.45, 7) is 2.15. The molecule has 0 saturated heterocycles. The Morgan fingerprint density at radius 3 is 2.56 bits per heavy atom. The van der Waals surface area contributed by atoms with Crippen LogP contribution in [0, 0.1) is 5.38 Å². The molecule has 0 unspecified atom stereocenters. The molecule has 0 saturated carbocycles. The Kier molecular flexibility index (Phi) is 9.89. The maximum absolute atomic E-state index is 3.02. The van der Waals surface area contributed by atoms with E-state index in [0.29, 0.717) is 0 Å². The van der Waals surface area contributed by atoms with Crippen molar-refractivity contribution in [1.29, 1.82) is 0 Å². The van der Waals surface area contributed by atoms with Crippen LogP contribution in [0.5, 0.6) is 0 Å². The molecule has 0 nitrogen and oxygen atoms in total. The maximum Gasteiger partial charge on any atom is 2.00 e. The third kappa shape index (κ3) is 4.36. The molecule has 0 aromatic carbocycles. The molecule has 0 aliphatic heterocycles. The fraction of sp³-hybridized carbons (Fsp3) is 0.333. The summed E-state index contributed by atoms with van der Waals surface area (Å²) in [6.07, 6.45) is 1.15. The van der Waals surface area contributed by atoms with E-state index >= 15 is 0 Å². The van der Waals surface area contributed by atoms with Crippen molar-refractivity contribution < 1.29 is 17.0 Å². The molecule has 0 atom stereocenters. The predicted molar refractivity (Wildman–Crippen MR) is 38.3 cm³/mol. The Balaban J connectivity index is 0. The minimum Gasteiger partial charge on any atom is -1.00 e. The fourth-order valence-electron chi connectivity index (χ4n) is 0.461. The van der Waals surface area contributed by atoms with E-state index in [4.69, 9.17) is 0 Å². The second-order valence-electron chi connectivity index (χ2n) is 1.37. The zero-order valence-corrected chi connectivity index (χ0v) is 9.17. The van der Waals surface area contributed by atoms with Gasteiger partial charge in [-0.3, -0.25) is 0 Å². The quantitative estimate of drug-likeness (QED) is 0.405. The molecule has 0 bridgehead atoms. The molecule has 0 spiro atoms. The van der Waals surface area contributed by atoms with Crippen LogP contribution >= 0.6 is 11.3 Å². The molecule has 9 heavy (non-hydrogen) atoms. The summed E-state index contributed by atoms with van der Waals surface area (Å²) in [5.74, 6) is 0. The van der Waals surface area contributed by atoms with E-state index in [9.17, 15) is 0 Å². The number of hydrogen-bond acceptors (Lipinski definition) is 1. The van der Waals surface area contributed by atoms with E-state index in [2.05, 4.69) is 18.4 Å². The van der Waals surface area contributed by atoms with E-state index in [1.165, 1.54) is 4.88 Å². The summed E-state index contributed by atoms with van der Waals surface area (Å²) in [5, 5.41) is 3.02. The Morgan fingerprint density at radius 2 is 2.33 bits per heavy atom. The molecule has 0 N–H and O–H groups in total. The van der Waals surface area contributed by atoms with Crippen LogP contribution in [-0.2, 0) is 6.42 Å². The van der Waals surface area contributed by atoms with Gasteiger partial charge in [0.1, 0.15) is 0 Å². The molecule has 0 aliphatic rings. The summed E-state index contributed by atoms with van der Waals surface area (Å²) in [4.78, 5) is 1.42. The van der Waals surface area contributed by atoms with Gasteiger partial charge >= 0.3 is 23.1 Å². The molecule has 0 fully saturated rings. The first-order valence-corrected chi connectivity index (χ1v) is 3.20. The molecule has 1 rings (SSSR count). The van der Waals surface area contributed by atoms with Crippen LogP contribution in [-0.4, -0.2) is 23.1 Å². The van der Waals surface area contributed by atoms with Crippen molar-refractivity contribution in [3.63, 3.8) is 0 Å². The van der Waals surface area contributed by atoms with Crippen LogP contribution in [0.2, 0.25) is 0 Å². The van der Waals surface area contributed by atoms with Crippen molar-refractivity contribution in [2.75, 3.05) is 0 Å². The van der Waals surface area contributed by atoms with Crippen molar-refractivity contribution >= 4 is 34.4 Å². The summed E-state index contributed by atoms with van der Waals surface area (Å²) in [5.41, 5.74) is 0. The van der Waals surface area contributed by atoms with Crippen LogP contribution in [0.4, 0.5) is 0 Å². The average molecular weight is 215 g/mol. The zero-order chi connectivity index (χ0) is 5.11. The molecule has 0 radical (unpaired) electrons. The van der Waals surface area contributed by atoms with Gasteiger partial charge < -0.3 is 28.3 Å². The molecule has 1 aromatic rings. The first-order valence-electron chi connectivity index (χ1n) is 2.38. The van der Waals surface area contributed by atoms with Gasteiger partial charge in [0, 0.05) is 0 Å². The third-order valence-corrected chi connectivity index (χ3v) is 1.82. The van der Waals surface area contributed by atoms with E-state index in [1.54, 1.807) is 11.3 Å². The minimum absolute atomic E-state index is 0. The smallest absolute Gasteiger partial charge is 1.00 e. The average Bonchev–Trinajstić information content (AvgIpc) is 2.14. The van der Waals surface area contributed by atoms with Gasteiger partial charge in [-0.25, -0.2) is 6.07 Å². The van der Waals surface area contributed by atoms with Gasteiger partial charge in [0.05, 0.1) is 0 Å². The van der Waals surface area contributed by atoms with E-state index in [0.717, 1.165) is 6.42 Å². The van der Waals surface area contributed by atoms with Crippen LogP contribution in [0.15, 0.2) is 12.1 Å². The number of aryl methyl sites for hydroxylation is 1. The number of thiophene rings is 1. The van der Waals surface area contributed by atoms with Crippen molar-refractivity contribution in [1.82, 2.24) is 0 Å². The second-order valence-corrected chi connectivity index (χ2v) is 2.34. The molecule has 0 aliphatic carbocycles. The third-order valence-electron chi connectivity index (χ3n) is 0.876. The van der Waals surface area contributed by atoms with Gasteiger partial charge in [-0.2, -0.15) is 6.07 Å². The van der Waals surface area contributed by atoms with Crippen LogP contribution in [0.25, 0.3) is 0 Å². The van der Waals surface area contributed by atoms with Crippen LogP contribution in [0.3, 0.4) is 0 Å².